The second kappa shape index (κ2) is 3.93. The first-order valence-electron chi connectivity index (χ1n) is 6.05. The number of rotatable bonds is 5. The fourth-order valence-electron chi connectivity index (χ4n) is 2.10. The van der Waals surface area contributed by atoms with E-state index in [0.717, 1.165) is 24.8 Å². The van der Waals surface area contributed by atoms with Crippen LogP contribution in [0.1, 0.15) is 44.0 Å². The third-order valence-electron chi connectivity index (χ3n) is 3.47. The molecule has 2 aliphatic carbocycles. The Morgan fingerprint density at radius 2 is 2.20 bits per heavy atom. The zero-order valence-electron chi connectivity index (χ0n) is 9.02. The van der Waals surface area contributed by atoms with Crippen molar-refractivity contribution < 1.29 is 0 Å². The lowest BCUT2D eigenvalue weighted by molar-refractivity contribution is 0.340. The standard InChI is InChI=1S/C11H18N4/c1-2-9(3-1)12-7-6-11-14-13-8-15(11)10-4-5-10/h8-10,12H,1-7H2. The summed E-state index contributed by atoms with van der Waals surface area (Å²) in [5.74, 6) is 1.16. The van der Waals surface area contributed by atoms with Gasteiger partial charge in [-0.25, -0.2) is 0 Å². The van der Waals surface area contributed by atoms with Crippen LogP contribution in [0.4, 0.5) is 0 Å². The van der Waals surface area contributed by atoms with Crippen LogP contribution in [-0.2, 0) is 6.42 Å². The first-order chi connectivity index (χ1) is 7.43. The first-order valence-corrected chi connectivity index (χ1v) is 6.05. The first kappa shape index (κ1) is 9.33. The summed E-state index contributed by atoms with van der Waals surface area (Å²) in [6, 6.07) is 1.49. The molecule has 4 heteroatoms. The molecule has 0 aromatic carbocycles. The summed E-state index contributed by atoms with van der Waals surface area (Å²) in [4.78, 5) is 0. The Hall–Kier alpha value is -0.900. The highest BCUT2D eigenvalue weighted by atomic mass is 15.3. The Morgan fingerprint density at radius 3 is 2.87 bits per heavy atom. The summed E-state index contributed by atoms with van der Waals surface area (Å²) in [6.07, 6.45) is 9.63. The maximum absolute atomic E-state index is 4.19. The van der Waals surface area contributed by atoms with Gasteiger partial charge in [0.15, 0.2) is 0 Å². The lowest BCUT2D eigenvalue weighted by Crippen LogP contribution is -2.36. The van der Waals surface area contributed by atoms with E-state index >= 15 is 0 Å². The van der Waals surface area contributed by atoms with E-state index in [1.807, 2.05) is 6.33 Å². The van der Waals surface area contributed by atoms with Gasteiger partial charge in [0.2, 0.25) is 0 Å². The summed E-state index contributed by atoms with van der Waals surface area (Å²) in [6.45, 7) is 1.05. The monoisotopic (exact) mass is 206 g/mol. The van der Waals surface area contributed by atoms with Gasteiger partial charge in [0.1, 0.15) is 12.2 Å². The maximum atomic E-state index is 4.19. The SMILES string of the molecule is c1nnc(CCNC2CCC2)n1C1CC1. The van der Waals surface area contributed by atoms with Gasteiger partial charge in [0, 0.05) is 25.0 Å². The van der Waals surface area contributed by atoms with Gasteiger partial charge in [0.05, 0.1) is 0 Å². The molecule has 4 nitrogen and oxygen atoms in total. The van der Waals surface area contributed by atoms with E-state index in [1.165, 1.54) is 32.1 Å². The lowest BCUT2D eigenvalue weighted by Gasteiger charge is -2.26. The van der Waals surface area contributed by atoms with Crippen molar-refractivity contribution in [1.29, 1.82) is 0 Å². The molecule has 2 fully saturated rings. The van der Waals surface area contributed by atoms with E-state index in [0.29, 0.717) is 6.04 Å². The Morgan fingerprint density at radius 1 is 1.33 bits per heavy atom. The number of hydrogen-bond acceptors (Lipinski definition) is 3. The van der Waals surface area contributed by atoms with Crippen molar-refractivity contribution in [2.24, 2.45) is 0 Å². The Balaban J connectivity index is 1.49. The second-order valence-electron chi connectivity index (χ2n) is 4.72. The van der Waals surface area contributed by atoms with Crippen LogP contribution in [0.5, 0.6) is 0 Å². The van der Waals surface area contributed by atoms with Crippen LogP contribution in [0.2, 0.25) is 0 Å². The normalized spacial score (nSPS) is 21.6. The maximum Gasteiger partial charge on any atom is 0.134 e. The average Bonchev–Trinajstić information content (AvgIpc) is 2.91. The van der Waals surface area contributed by atoms with Crippen molar-refractivity contribution in [3.05, 3.63) is 12.2 Å². The van der Waals surface area contributed by atoms with Crippen LogP contribution >= 0.6 is 0 Å². The molecule has 1 heterocycles. The van der Waals surface area contributed by atoms with Crippen molar-refractivity contribution >= 4 is 0 Å². The fourth-order valence-corrected chi connectivity index (χ4v) is 2.10. The minimum absolute atomic E-state index is 0.707. The van der Waals surface area contributed by atoms with Gasteiger partial charge >= 0.3 is 0 Å². The number of nitrogens with zero attached hydrogens (tertiary/aromatic N) is 3. The molecular formula is C11H18N4. The van der Waals surface area contributed by atoms with Crippen LogP contribution < -0.4 is 5.32 Å². The predicted molar refractivity (Wildman–Crippen MR) is 57.6 cm³/mol. The van der Waals surface area contributed by atoms with Gasteiger partial charge in [-0.15, -0.1) is 10.2 Å². The van der Waals surface area contributed by atoms with E-state index in [2.05, 4.69) is 20.1 Å². The van der Waals surface area contributed by atoms with Crippen LogP contribution in [0.15, 0.2) is 6.33 Å². The molecule has 1 N–H and O–H groups in total. The molecule has 0 saturated heterocycles. The van der Waals surface area contributed by atoms with Crippen LogP contribution in [0.3, 0.4) is 0 Å². The van der Waals surface area contributed by atoms with E-state index in [4.69, 9.17) is 0 Å². The number of hydrogen-bond donors (Lipinski definition) is 1. The topological polar surface area (TPSA) is 42.7 Å². The minimum Gasteiger partial charge on any atom is -0.314 e. The molecule has 0 amide bonds. The highest BCUT2D eigenvalue weighted by molar-refractivity contribution is 4.95. The smallest absolute Gasteiger partial charge is 0.134 e. The van der Waals surface area contributed by atoms with Gasteiger partial charge in [-0.1, -0.05) is 6.42 Å². The van der Waals surface area contributed by atoms with Gasteiger partial charge in [0.25, 0.3) is 0 Å². The van der Waals surface area contributed by atoms with Crippen molar-refractivity contribution in [2.45, 2.75) is 50.6 Å². The third kappa shape index (κ3) is 2.04. The molecular weight excluding hydrogens is 188 g/mol. The molecule has 0 unspecified atom stereocenters. The van der Waals surface area contributed by atoms with Crippen LogP contribution in [0, 0.1) is 0 Å². The fraction of sp³-hybridized carbons (Fsp3) is 0.818. The van der Waals surface area contributed by atoms with E-state index in [-0.39, 0.29) is 0 Å². The summed E-state index contributed by atoms with van der Waals surface area (Å²) in [5.41, 5.74) is 0. The molecule has 2 saturated carbocycles. The molecule has 1 aromatic rings. The van der Waals surface area contributed by atoms with E-state index < -0.39 is 0 Å². The Bertz CT molecular complexity index is 325. The van der Waals surface area contributed by atoms with Crippen molar-refractivity contribution in [3.63, 3.8) is 0 Å². The Labute approximate surface area is 90.1 Å². The summed E-state index contributed by atoms with van der Waals surface area (Å²) >= 11 is 0. The molecule has 0 spiro atoms. The van der Waals surface area contributed by atoms with Gasteiger partial charge < -0.3 is 9.88 Å². The lowest BCUT2D eigenvalue weighted by atomic mass is 9.93. The van der Waals surface area contributed by atoms with Gasteiger partial charge in [-0.3, -0.25) is 0 Å². The zero-order valence-corrected chi connectivity index (χ0v) is 9.02. The molecule has 0 bridgehead atoms. The molecule has 82 valence electrons. The number of nitrogens with one attached hydrogen (secondary N) is 1. The quantitative estimate of drug-likeness (QED) is 0.789. The molecule has 2 aliphatic rings. The number of aromatic nitrogens is 3. The molecule has 0 radical (unpaired) electrons. The van der Waals surface area contributed by atoms with Crippen molar-refractivity contribution in [3.8, 4) is 0 Å². The molecule has 0 aliphatic heterocycles. The molecule has 3 rings (SSSR count). The van der Waals surface area contributed by atoms with E-state index in [9.17, 15) is 0 Å². The summed E-state index contributed by atoms with van der Waals surface area (Å²) in [5, 5.41) is 11.8. The van der Waals surface area contributed by atoms with Gasteiger partial charge in [-0.2, -0.15) is 0 Å². The van der Waals surface area contributed by atoms with Crippen LogP contribution in [0.25, 0.3) is 0 Å². The molecule has 0 atom stereocenters. The largest absolute Gasteiger partial charge is 0.314 e. The highest BCUT2D eigenvalue weighted by Gasteiger charge is 2.25. The average molecular weight is 206 g/mol. The third-order valence-corrected chi connectivity index (χ3v) is 3.47. The molecule has 15 heavy (non-hydrogen) atoms. The zero-order chi connectivity index (χ0) is 10.1. The summed E-state index contributed by atoms with van der Waals surface area (Å²) in [7, 11) is 0. The van der Waals surface area contributed by atoms with Crippen LogP contribution in [-0.4, -0.2) is 27.4 Å². The Kier molecular flexibility index (Phi) is 2.44. The van der Waals surface area contributed by atoms with Crippen molar-refractivity contribution in [1.82, 2.24) is 20.1 Å². The van der Waals surface area contributed by atoms with Crippen molar-refractivity contribution in [2.75, 3.05) is 6.54 Å². The van der Waals surface area contributed by atoms with Gasteiger partial charge in [-0.05, 0) is 25.7 Å². The summed E-state index contributed by atoms with van der Waals surface area (Å²) < 4.78 is 2.25. The minimum atomic E-state index is 0.707. The second-order valence-corrected chi connectivity index (χ2v) is 4.72. The highest BCUT2D eigenvalue weighted by Crippen LogP contribution is 2.35. The predicted octanol–water partition coefficient (Wildman–Crippen LogP) is 1.30. The molecule has 1 aromatic heterocycles. The van der Waals surface area contributed by atoms with E-state index in [1.54, 1.807) is 0 Å².